The summed E-state index contributed by atoms with van der Waals surface area (Å²) in [6, 6.07) is 0. The second-order valence-corrected chi connectivity index (χ2v) is 7.34. The van der Waals surface area contributed by atoms with Crippen molar-refractivity contribution in [3.63, 3.8) is 0 Å². The quantitative estimate of drug-likeness (QED) is 0.687. The van der Waals surface area contributed by atoms with Crippen LogP contribution in [0, 0.1) is 5.92 Å². The molecule has 0 N–H and O–H groups in total. The van der Waals surface area contributed by atoms with Gasteiger partial charge in [0.05, 0.1) is 17.3 Å². The number of rotatable bonds is 4. The molecule has 2 aliphatic rings. The van der Waals surface area contributed by atoms with Crippen LogP contribution in [0.2, 0.25) is 0 Å². The van der Waals surface area contributed by atoms with Crippen LogP contribution in [0.1, 0.15) is 19.8 Å². The molecule has 1 heterocycles. The number of hydrogen-bond donors (Lipinski definition) is 0. The molecule has 0 radical (unpaired) electrons. The lowest BCUT2D eigenvalue weighted by molar-refractivity contribution is 0.145. The van der Waals surface area contributed by atoms with Crippen molar-refractivity contribution in [3.8, 4) is 0 Å². The van der Waals surface area contributed by atoms with Crippen LogP contribution in [0.4, 0.5) is 0 Å². The van der Waals surface area contributed by atoms with E-state index in [1.165, 1.54) is 24.3 Å². The molecular formula is C11H18OS2. The molecule has 1 nitrogen and oxygen atoms in total. The lowest BCUT2D eigenvalue weighted by atomic mass is 10.4. The highest BCUT2D eigenvalue weighted by atomic mass is 32.2. The van der Waals surface area contributed by atoms with Crippen LogP contribution in [0.5, 0.6) is 0 Å². The number of thioether (sulfide) groups is 2. The van der Waals surface area contributed by atoms with Gasteiger partial charge in [-0.2, -0.15) is 0 Å². The second-order valence-electron chi connectivity index (χ2n) is 4.24. The van der Waals surface area contributed by atoms with E-state index in [1.54, 1.807) is 0 Å². The molecule has 2 rings (SSSR count). The standard InChI is InChI=1S/C11H18OS2/c1-9(2)7-12-8-10-6-11(10)13-4-3-5-14-11/h10H,1,3-8H2,2H3. The van der Waals surface area contributed by atoms with Gasteiger partial charge in [-0.25, -0.2) is 0 Å². The van der Waals surface area contributed by atoms with Gasteiger partial charge in [-0.05, 0) is 31.3 Å². The zero-order chi connectivity index (χ0) is 10.0. The monoisotopic (exact) mass is 230 g/mol. The van der Waals surface area contributed by atoms with Gasteiger partial charge in [-0.3, -0.25) is 0 Å². The summed E-state index contributed by atoms with van der Waals surface area (Å²) in [6.07, 6.45) is 2.74. The summed E-state index contributed by atoms with van der Waals surface area (Å²) in [5.74, 6) is 3.51. The van der Waals surface area contributed by atoms with Gasteiger partial charge in [0, 0.05) is 5.92 Å². The third-order valence-electron chi connectivity index (χ3n) is 2.64. The Bertz CT molecular complexity index is 221. The third-order valence-corrected chi connectivity index (χ3v) is 6.31. The summed E-state index contributed by atoms with van der Waals surface area (Å²) in [7, 11) is 0. The molecule has 0 bridgehead atoms. The lowest BCUT2D eigenvalue weighted by Gasteiger charge is -2.21. The van der Waals surface area contributed by atoms with Crippen molar-refractivity contribution < 1.29 is 4.74 Å². The predicted octanol–water partition coefficient (Wildman–Crippen LogP) is 3.17. The fraction of sp³-hybridized carbons (Fsp3) is 0.818. The van der Waals surface area contributed by atoms with Gasteiger partial charge >= 0.3 is 0 Å². The average Bonchev–Trinajstić information content (AvgIpc) is 2.79. The van der Waals surface area contributed by atoms with Gasteiger partial charge in [0.25, 0.3) is 0 Å². The maximum absolute atomic E-state index is 5.62. The minimum Gasteiger partial charge on any atom is -0.377 e. The molecule has 0 amide bonds. The Hall–Kier alpha value is 0.400. The molecule has 1 aliphatic heterocycles. The van der Waals surface area contributed by atoms with Crippen molar-refractivity contribution in [2.24, 2.45) is 5.92 Å². The Morgan fingerprint density at radius 1 is 1.50 bits per heavy atom. The Morgan fingerprint density at radius 2 is 2.21 bits per heavy atom. The Kier molecular flexibility index (Phi) is 3.50. The molecule has 1 atom stereocenters. The van der Waals surface area contributed by atoms with Gasteiger partial charge in [-0.15, -0.1) is 23.5 Å². The minimum absolute atomic E-state index is 0.563. The first-order valence-electron chi connectivity index (χ1n) is 5.23. The van der Waals surface area contributed by atoms with E-state index in [-0.39, 0.29) is 0 Å². The SMILES string of the molecule is C=C(C)COCC1CC12SCCCS2. The summed E-state index contributed by atoms with van der Waals surface area (Å²) in [4.78, 5) is 0. The molecule has 14 heavy (non-hydrogen) atoms. The summed E-state index contributed by atoms with van der Waals surface area (Å²) in [6.45, 7) is 7.54. The lowest BCUT2D eigenvalue weighted by Crippen LogP contribution is -2.13. The molecule has 0 aromatic carbocycles. The first-order valence-corrected chi connectivity index (χ1v) is 7.20. The van der Waals surface area contributed by atoms with Gasteiger partial charge < -0.3 is 4.74 Å². The normalized spacial score (nSPS) is 29.1. The average molecular weight is 230 g/mol. The predicted molar refractivity (Wildman–Crippen MR) is 66.0 cm³/mol. The van der Waals surface area contributed by atoms with Crippen molar-refractivity contribution >= 4 is 23.5 Å². The molecule has 1 saturated heterocycles. The van der Waals surface area contributed by atoms with Crippen LogP contribution in [-0.4, -0.2) is 28.8 Å². The highest BCUT2D eigenvalue weighted by Crippen LogP contribution is 2.63. The smallest absolute Gasteiger partial charge is 0.0671 e. The van der Waals surface area contributed by atoms with Gasteiger partial charge in [0.15, 0.2) is 0 Å². The maximum Gasteiger partial charge on any atom is 0.0671 e. The van der Waals surface area contributed by atoms with Gasteiger partial charge in [0.2, 0.25) is 0 Å². The topological polar surface area (TPSA) is 9.23 Å². The highest BCUT2D eigenvalue weighted by Gasteiger charge is 2.55. The molecule has 0 aromatic heterocycles. The van der Waals surface area contributed by atoms with Crippen LogP contribution in [-0.2, 0) is 4.74 Å². The van der Waals surface area contributed by atoms with E-state index in [9.17, 15) is 0 Å². The van der Waals surface area contributed by atoms with Crippen molar-refractivity contribution in [2.45, 2.75) is 23.8 Å². The number of ether oxygens (including phenoxy) is 1. The summed E-state index contributed by atoms with van der Waals surface area (Å²) >= 11 is 4.32. The summed E-state index contributed by atoms with van der Waals surface area (Å²) in [5.41, 5.74) is 1.13. The van der Waals surface area contributed by atoms with Gasteiger partial charge in [0.1, 0.15) is 0 Å². The molecule has 2 fully saturated rings. The molecule has 1 saturated carbocycles. The van der Waals surface area contributed by atoms with Crippen LogP contribution in [0.15, 0.2) is 12.2 Å². The second kappa shape index (κ2) is 4.50. The zero-order valence-corrected chi connectivity index (χ0v) is 10.4. The highest BCUT2D eigenvalue weighted by molar-refractivity contribution is 8.19. The Morgan fingerprint density at radius 3 is 2.86 bits per heavy atom. The maximum atomic E-state index is 5.62. The molecular weight excluding hydrogens is 212 g/mol. The first kappa shape index (κ1) is 10.9. The largest absolute Gasteiger partial charge is 0.377 e. The van der Waals surface area contributed by atoms with E-state index in [0.717, 1.165) is 24.7 Å². The number of hydrogen-bond acceptors (Lipinski definition) is 3. The summed E-state index contributed by atoms with van der Waals surface area (Å²) in [5, 5.41) is 0. The van der Waals surface area contributed by atoms with E-state index in [2.05, 4.69) is 30.1 Å². The molecule has 3 heteroatoms. The molecule has 1 unspecified atom stereocenters. The molecule has 0 aromatic rings. The van der Waals surface area contributed by atoms with Crippen LogP contribution in [0.25, 0.3) is 0 Å². The van der Waals surface area contributed by atoms with E-state index >= 15 is 0 Å². The van der Waals surface area contributed by atoms with E-state index in [1.807, 2.05) is 6.92 Å². The fourth-order valence-corrected chi connectivity index (χ4v) is 5.32. The van der Waals surface area contributed by atoms with Crippen LogP contribution < -0.4 is 0 Å². The fourth-order valence-electron chi connectivity index (χ4n) is 1.79. The van der Waals surface area contributed by atoms with Gasteiger partial charge in [-0.1, -0.05) is 12.2 Å². The van der Waals surface area contributed by atoms with Crippen molar-refractivity contribution in [1.29, 1.82) is 0 Å². The Labute approximate surface area is 95.0 Å². The van der Waals surface area contributed by atoms with Crippen molar-refractivity contribution in [2.75, 3.05) is 24.7 Å². The minimum atomic E-state index is 0.563. The first-order chi connectivity index (χ1) is 6.73. The van der Waals surface area contributed by atoms with Crippen molar-refractivity contribution in [3.05, 3.63) is 12.2 Å². The third kappa shape index (κ3) is 2.50. The molecule has 80 valence electrons. The molecule has 1 aliphatic carbocycles. The van der Waals surface area contributed by atoms with E-state index in [0.29, 0.717) is 4.08 Å². The van der Waals surface area contributed by atoms with E-state index in [4.69, 9.17) is 4.74 Å². The van der Waals surface area contributed by atoms with Crippen molar-refractivity contribution in [1.82, 2.24) is 0 Å². The Balaban J connectivity index is 1.67. The molecule has 1 spiro atoms. The van der Waals surface area contributed by atoms with E-state index < -0.39 is 0 Å². The van der Waals surface area contributed by atoms with Crippen LogP contribution >= 0.6 is 23.5 Å². The summed E-state index contributed by atoms with van der Waals surface area (Å²) < 4.78 is 6.18. The zero-order valence-electron chi connectivity index (χ0n) is 8.75. The van der Waals surface area contributed by atoms with Crippen LogP contribution in [0.3, 0.4) is 0 Å².